The second kappa shape index (κ2) is 13.4. The van der Waals surface area contributed by atoms with E-state index in [1.165, 1.54) is 12.0 Å². The van der Waals surface area contributed by atoms with Crippen molar-refractivity contribution in [2.24, 2.45) is 10.9 Å². The van der Waals surface area contributed by atoms with Gasteiger partial charge in [0.1, 0.15) is 0 Å². The summed E-state index contributed by atoms with van der Waals surface area (Å²) in [5.74, 6) is 1.70. The van der Waals surface area contributed by atoms with E-state index in [0.29, 0.717) is 5.92 Å². The number of halogens is 1. The zero-order chi connectivity index (χ0) is 19.6. The fourth-order valence-electron chi connectivity index (χ4n) is 4.13. The highest BCUT2D eigenvalue weighted by Crippen LogP contribution is 2.16. The number of methoxy groups -OCH3 is 1. The minimum atomic E-state index is 0. The Morgan fingerprint density at radius 3 is 2.52 bits per heavy atom. The first-order valence-electron chi connectivity index (χ1n) is 10.8. The lowest BCUT2D eigenvalue weighted by Gasteiger charge is -2.34. The molecule has 6 nitrogen and oxygen atoms in total. The Balaban J connectivity index is 0.00000300. The largest absolute Gasteiger partial charge is 0.384 e. The van der Waals surface area contributed by atoms with Crippen LogP contribution in [0.4, 0.5) is 0 Å². The third kappa shape index (κ3) is 8.03. The molecule has 1 unspecified atom stereocenters. The molecule has 2 heterocycles. The van der Waals surface area contributed by atoms with Gasteiger partial charge in [-0.2, -0.15) is 0 Å². The third-order valence-electron chi connectivity index (χ3n) is 5.71. The van der Waals surface area contributed by atoms with E-state index >= 15 is 0 Å². The summed E-state index contributed by atoms with van der Waals surface area (Å²) in [5, 5.41) is 3.47. The van der Waals surface area contributed by atoms with Crippen LogP contribution in [0.3, 0.4) is 0 Å². The fraction of sp³-hybridized carbons (Fsp3) is 0.682. The molecule has 7 heteroatoms. The molecule has 0 bridgehead atoms. The van der Waals surface area contributed by atoms with E-state index in [1.54, 1.807) is 7.11 Å². The van der Waals surface area contributed by atoms with Crippen LogP contribution in [0.15, 0.2) is 35.3 Å². The minimum absolute atomic E-state index is 0. The Morgan fingerprint density at radius 2 is 1.83 bits per heavy atom. The van der Waals surface area contributed by atoms with E-state index < -0.39 is 0 Å². The van der Waals surface area contributed by atoms with Crippen molar-refractivity contribution in [1.82, 2.24) is 20.0 Å². The van der Waals surface area contributed by atoms with Gasteiger partial charge in [0.25, 0.3) is 0 Å². The Labute approximate surface area is 193 Å². The Kier molecular flexibility index (Phi) is 11.3. The van der Waals surface area contributed by atoms with Gasteiger partial charge in [-0.3, -0.25) is 14.8 Å². The van der Waals surface area contributed by atoms with Crippen molar-refractivity contribution in [1.29, 1.82) is 0 Å². The normalized spacial score (nSPS) is 21.2. The predicted molar refractivity (Wildman–Crippen MR) is 131 cm³/mol. The molecule has 164 valence electrons. The van der Waals surface area contributed by atoms with Gasteiger partial charge in [0.15, 0.2) is 5.96 Å². The Morgan fingerprint density at radius 1 is 1.10 bits per heavy atom. The summed E-state index contributed by atoms with van der Waals surface area (Å²) in [6.07, 6.45) is 1.20. The van der Waals surface area contributed by atoms with Crippen LogP contribution in [0.1, 0.15) is 18.9 Å². The zero-order valence-electron chi connectivity index (χ0n) is 18.1. The highest BCUT2D eigenvalue weighted by atomic mass is 127. The molecule has 0 amide bonds. The number of likely N-dealkylation sites (tertiary alicyclic amines) is 1. The van der Waals surface area contributed by atoms with Gasteiger partial charge in [-0.15, -0.1) is 24.0 Å². The lowest BCUT2D eigenvalue weighted by atomic mass is 10.1. The number of aliphatic imine (C=N–C) groups is 1. The van der Waals surface area contributed by atoms with Crippen molar-refractivity contribution in [3.05, 3.63) is 35.9 Å². The lowest BCUT2D eigenvalue weighted by Crippen LogP contribution is -2.47. The molecule has 1 aromatic carbocycles. The molecule has 1 N–H and O–H groups in total. The van der Waals surface area contributed by atoms with E-state index in [4.69, 9.17) is 9.73 Å². The molecule has 0 saturated carbocycles. The molecule has 0 aliphatic carbocycles. The maximum atomic E-state index is 5.32. The predicted octanol–water partition coefficient (Wildman–Crippen LogP) is 2.36. The summed E-state index contributed by atoms with van der Waals surface area (Å²) in [5.41, 5.74) is 1.41. The van der Waals surface area contributed by atoms with Crippen molar-refractivity contribution in [2.75, 3.05) is 72.6 Å². The first-order chi connectivity index (χ1) is 13.8. The van der Waals surface area contributed by atoms with Crippen molar-refractivity contribution in [2.45, 2.75) is 19.9 Å². The van der Waals surface area contributed by atoms with Crippen molar-refractivity contribution >= 4 is 29.9 Å². The Bertz CT molecular complexity index is 592. The van der Waals surface area contributed by atoms with Crippen LogP contribution in [0.5, 0.6) is 0 Å². The molecular weight excluding hydrogens is 477 g/mol. The maximum Gasteiger partial charge on any atom is 0.193 e. The van der Waals surface area contributed by atoms with E-state index in [0.717, 1.165) is 78.0 Å². The zero-order valence-corrected chi connectivity index (χ0v) is 20.4. The summed E-state index contributed by atoms with van der Waals surface area (Å²) in [6.45, 7) is 13.6. The maximum absolute atomic E-state index is 5.32. The van der Waals surface area contributed by atoms with E-state index in [2.05, 4.69) is 57.3 Å². The van der Waals surface area contributed by atoms with Gasteiger partial charge in [0.2, 0.25) is 0 Å². The lowest BCUT2D eigenvalue weighted by molar-refractivity contribution is 0.130. The van der Waals surface area contributed by atoms with Crippen LogP contribution >= 0.6 is 24.0 Å². The van der Waals surface area contributed by atoms with Gasteiger partial charge in [0, 0.05) is 71.9 Å². The van der Waals surface area contributed by atoms with Crippen LogP contribution < -0.4 is 5.32 Å². The molecule has 0 spiro atoms. The number of ether oxygens (including phenoxy) is 1. The summed E-state index contributed by atoms with van der Waals surface area (Å²) < 4.78 is 5.32. The minimum Gasteiger partial charge on any atom is -0.384 e. The average Bonchev–Trinajstić information content (AvgIpc) is 3.18. The molecule has 1 atom stereocenters. The van der Waals surface area contributed by atoms with Crippen LogP contribution in [0, 0.1) is 5.92 Å². The first-order valence-corrected chi connectivity index (χ1v) is 10.8. The van der Waals surface area contributed by atoms with Gasteiger partial charge in [0.05, 0.1) is 13.2 Å². The first kappa shape index (κ1) is 24.4. The highest BCUT2D eigenvalue weighted by Gasteiger charge is 2.24. The number of piperazine rings is 1. The molecular formula is C22H38IN5O. The molecule has 0 radical (unpaired) electrons. The summed E-state index contributed by atoms with van der Waals surface area (Å²) >= 11 is 0. The summed E-state index contributed by atoms with van der Waals surface area (Å²) in [4.78, 5) is 12.4. The number of hydrogen-bond acceptors (Lipinski definition) is 4. The second-order valence-electron chi connectivity index (χ2n) is 7.90. The number of rotatable bonds is 8. The van der Waals surface area contributed by atoms with Crippen molar-refractivity contribution in [3.63, 3.8) is 0 Å². The monoisotopic (exact) mass is 515 g/mol. The van der Waals surface area contributed by atoms with Gasteiger partial charge in [-0.25, -0.2) is 0 Å². The third-order valence-corrected chi connectivity index (χ3v) is 5.71. The smallest absolute Gasteiger partial charge is 0.193 e. The SMILES string of the molecule is CCNC(=NCCN1CCN(Cc2ccccc2)CC1)N1CCC(COC)C1.I. The van der Waals surface area contributed by atoms with E-state index in [1.807, 2.05) is 0 Å². The van der Waals surface area contributed by atoms with Gasteiger partial charge in [-0.1, -0.05) is 30.3 Å². The quantitative estimate of drug-likeness (QED) is 0.327. The van der Waals surface area contributed by atoms with E-state index in [-0.39, 0.29) is 24.0 Å². The molecule has 0 aromatic heterocycles. The topological polar surface area (TPSA) is 43.3 Å². The van der Waals surface area contributed by atoms with E-state index in [9.17, 15) is 0 Å². The standard InChI is InChI=1S/C22H37N5O.HI/c1-3-23-22(27-11-9-21(18-27)19-28-2)24-10-12-25-13-15-26(16-14-25)17-20-7-5-4-6-8-20;/h4-8,21H,3,9-19H2,1-2H3,(H,23,24);1H. The van der Waals surface area contributed by atoms with Crippen LogP contribution in [-0.2, 0) is 11.3 Å². The molecule has 29 heavy (non-hydrogen) atoms. The number of benzene rings is 1. The number of hydrogen-bond donors (Lipinski definition) is 1. The number of guanidine groups is 1. The highest BCUT2D eigenvalue weighted by molar-refractivity contribution is 14.0. The molecule has 2 saturated heterocycles. The molecule has 2 aliphatic heterocycles. The van der Waals surface area contributed by atoms with Crippen LogP contribution in [-0.4, -0.2) is 93.3 Å². The second-order valence-corrected chi connectivity index (χ2v) is 7.90. The molecule has 1 aromatic rings. The van der Waals surface area contributed by atoms with Crippen molar-refractivity contribution < 1.29 is 4.74 Å². The van der Waals surface area contributed by atoms with Gasteiger partial charge >= 0.3 is 0 Å². The molecule has 2 aliphatic rings. The van der Waals surface area contributed by atoms with Gasteiger partial charge in [-0.05, 0) is 18.9 Å². The van der Waals surface area contributed by atoms with Gasteiger partial charge < -0.3 is 15.0 Å². The van der Waals surface area contributed by atoms with Crippen LogP contribution in [0.25, 0.3) is 0 Å². The summed E-state index contributed by atoms with van der Waals surface area (Å²) in [6, 6.07) is 10.8. The van der Waals surface area contributed by atoms with Crippen LogP contribution in [0.2, 0.25) is 0 Å². The fourth-order valence-corrected chi connectivity index (χ4v) is 4.13. The average molecular weight is 515 g/mol. The van der Waals surface area contributed by atoms with Crippen molar-refractivity contribution in [3.8, 4) is 0 Å². The molecule has 3 rings (SSSR count). The Hall–Kier alpha value is -0.900. The molecule has 2 fully saturated rings. The summed E-state index contributed by atoms with van der Waals surface area (Å²) in [7, 11) is 1.79. The number of nitrogens with zero attached hydrogens (tertiary/aromatic N) is 4. The number of nitrogens with one attached hydrogen (secondary N) is 1.